The first-order chi connectivity index (χ1) is 10.0. The molecule has 2 rings (SSSR count). The molecule has 0 spiro atoms. The molecule has 0 bridgehead atoms. The molecule has 0 aromatic heterocycles. The summed E-state index contributed by atoms with van der Waals surface area (Å²) in [7, 11) is 0. The molecule has 0 saturated carbocycles. The molecule has 0 aliphatic carbocycles. The van der Waals surface area contributed by atoms with Crippen molar-refractivity contribution in [3.8, 4) is 11.5 Å². The van der Waals surface area contributed by atoms with Crippen LogP contribution in [0.25, 0.3) is 0 Å². The van der Waals surface area contributed by atoms with E-state index in [0.29, 0.717) is 6.42 Å². The summed E-state index contributed by atoms with van der Waals surface area (Å²) in [5.74, 6) is 0.340. The molecule has 0 unspecified atom stereocenters. The summed E-state index contributed by atoms with van der Waals surface area (Å²) in [5.41, 5.74) is 6.75. The highest BCUT2D eigenvalue weighted by Gasteiger charge is 2.25. The number of hydrogen-bond acceptors (Lipinski definition) is 4. The van der Waals surface area contributed by atoms with Crippen LogP contribution in [0.1, 0.15) is 31.7 Å². The molecule has 1 aromatic rings. The first-order valence-corrected chi connectivity index (χ1v) is 7.56. The van der Waals surface area contributed by atoms with Gasteiger partial charge in [-0.1, -0.05) is 19.4 Å². The number of phenolic OH excluding ortho intramolecular Hbond substituents is 2. The Morgan fingerprint density at radius 3 is 2.57 bits per heavy atom. The number of aromatic hydroxyl groups is 2. The second-order valence-corrected chi connectivity index (χ2v) is 5.81. The van der Waals surface area contributed by atoms with Crippen LogP contribution in [0.3, 0.4) is 0 Å². The fourth-order valence-electron chi connectivity index (χ4n) is 2.83. The van der Waals surface area contributed by atoms with Crippen LogP contribution < -0.4 is 5.73 Å². The number of phenols is 2. The van der Waals surface area contributed by atoms with Crippen LogP contribution in [0.4, 0.5) is 0 Å². The minimum absolute atomic E-state index is 0.0304. The highest BCUT2D eigenvalue weighted by atomic mass is 16.3. The van der Waals surface area contributed by atoms with Gasteiger partial charge in [0.1, 0.15) is 0 Å². The van der Waals surface area contributed by atoms with Gasteiger partial charge >= 0.3 is 0 Å². The van der Waals surface area contributed by atoms with Crippen LogP contribution in [-0.2, 0) is 11.2 Å². The van der Waals surface area contributed by atoms with E-state index in [4.69, 9.17) is 5.73 Å². The van der Waals surface area contributed by atoms with Crippen molar-refractivity contribution in [2.45, 2.75) is 38.6 Å². The van der Waals surface area contributed by atoms with Gasteiger partial charge in [-0.15, -0.1) is 0 Å². The van der Waals surface area contributed by atoms with Gasteiger partial charge in [0.15, 0.2) is 11.5 Å². The van der Waals surface area contributed by atoms with Crippen LogP contribution in [0.2, 0.25) is 0 Å². The summed E-state index contributed by atoms with van der Waals surface area (Å²) < 4.78 is 0. The minimum Gasteiger partial charge on any atom is -0.504 e. The van der Waals surface area contributed by atoms with Gasteiger partial charge in [0.2, 0.25) is 5.91 Å². The molecule has 5 nitrogen and oxygen atoms in total. The van der Waals surface area contributed by atoms with E-state index in [9.17, 15) is 15.0 Å². The number of hydrogen-bond donors (Lipinski definition) is 3. The summed E-state index contributed by atoms with van der Waals surface area (Å²) in [6.45, 7) is 3.75. The van der Waals surface area contributed by atoms with E-state index < -0.39 is 6.04 Å². The lowest BCUT2D eigenvalue weighted by molar-refractivity contribution is -0.134. The zero-order valence-corrected chi connectivity index (χ0v) is 12.5. The van der Waals surface area contributed by atoms with Crippen molar-refractivity contribution in [1.29, 1.82) is 0 Å². The quantitative estimate of drug-likeness (QED) is 0.736. The Morgan fingerprint density at radius 1 is 1.33 bits per heavy atom. The van der Waals surface area contributed by atoms with Gasteiger partial charge in [-0.2, -0.15) is 0 Å². The fraction of sp³-hybridized carbons (Fsp3) is 0.562. The fourth-order valence-corrected chi connectivity index (χ4v) is 2.83. The third-order valence-corrected chi connectivity index (χ3v) is 4.32. The first-order valence-electron chi connectivity index (χ1n) is 7.56. The molecule has 1 atom stereocenters. The number of amides is 1. The number of nitrogens with two attached hydrogens (primary N) is 1. The second-order valence-electron chi connectivity index (χ2n) is 5.81. The Bertz CT molecular complexity index is 496. The SMILES string of the molecule is CCC1CCN(C(=O)[C@@H](N)Cc2ccc(O)c(O)c2)CC1. The Kier molecular flexibility index (Phi) is 5.07. The van der Waals surface area contributed by atoms with Crippen LogP contribution >= 0.6 is 0 Å². The Labute approximate surface area is 125 Å². The van der Waals surface area contributed by atoms with E-state index in [1.165, 1.54) is 18.6 Å². The zero-order chi connectivity index (χ0) is 15.4. The molecule has 21 heavy (non-hydrogen) atoms. The lowest BCUT2D eigenvalue weighted by Crippen LogP contribution is -2.48. The second kappa shape index (κ2) is 6.80. The number of likely N-dealkylation sites (tertiary alicyclic amines) is 1. The summed E-state index contributed by atoms with van der Waals surface area (Å²) in [6, 6.07) is 3.93. The van der Waals surface area contributed by atoms with Crippen molar-refractivity contribution in [3.05, 3.63) is 23.8 Å². The van der Waals surface area contributed by atoms with Gasteiger partial charge in [0, 0.05) is 13.1 Å². The molecule has 1 aromatic carbocycles. The summed E-state index contributed by atoms with van der Waals surface area (Å²) in [6.07, 6.45) is 3.63. The predicted molar refractivity (Wildman–Crippen MR) is 81.0 cm³/mol. The number of rotatable bonds is 4. The molecule has 1 aliphatic heterocycles. The molecule has 0 radical (unpaired) electrons. The van der Waals surface area contributed by atoms with Gasteiger partial charge in [0.25, 0.3) is 0 Å². The number of nitrogens with zero attached hydrogens (tertiary/aromatic N) is 1. The van der Waals surface area contributed by atoms with Crippen molar-refractivity contribution < 1.29 is 15.0 Å². The Morgan fingerprint density at radius 2 is 2.00 bits per heavy atom. The molecule has 1 heterocycles. The number of benzene rings is 1. The molecule has 1 amide bonds. The monoisotopic (exact) mass is 292 g/mol. The number of piperidine rings is 1. The van der Waals surface area contributed by atoms with Crippen molar-refractivity contribution in [1.82, 2.24) is 4.90 Å². The van der Waals surface area contributed by atoms with E-state index in [0.717, 1.165) is 37.4 Å². The third kappa shape index (κ3) is 3.88. The minimum atomic E-state index is -0.605. The van der Waals surface area contributed by atoms with Gasteiger partial charge in [-0.3, -0.25) is 4.79 Å². The first kappa shape index (κ1) is 15.6. The molecule has 1 fully saturated rings. The summed E-state index contributed by atoms with van der Waals surface area (Å²) in [4.78, 5) is 14.2. The summed E-state index contributed by atoms with van der Waals surface area (Å²) >= 11 is 0. The number of carbonyl (C=O) groups excluding carboxylic acids is 1. The molecule has 4 N–H and O–H groups in total. The Balaban J connectivity index is 1.92. The van der Waals surface area contributed by atoms with Crippen molar-refractivity contribution in [2.24, 2.45) is 11.7 Å². The van der Waals surface area contributed by atoms with Crippen molar-refractivity contribution in [2.75, 3.05) is 13.1 Å². The van der Waals surface area contributed by atoms with Crippen LogP contribution in [0.5, 0.6) is 11.5 Å². The van der Waals surface area contributed by atoms with Gasteiger partial charge in [-0.25, -0.2) is 0 Å². The van der Waals surface area contributed by atoms with E-state index in [-0.39, 0.29) is 17.4 Å². The molecule has 1 saturated heterocycles. The van der Waals surface area contributed by atoms with Crippen molar-refractivity contribution in [3.63, 3.8) is 0 Å². The average Bonchev–Trinajstić information content (AvgIpc) is 2.50. The topological polar surface area (TPSA) is 86.8 Å². The lowest BCUT2D eigenvalue weighted by Gasteiger charge is -2.33. The van der Waals surface area contributed by atoms with Crippen LogP contribution in [0, 0.1) is 5.92 Å². The molecular formula is C16H24N2O3. The molecule has 5 heteroatoms. The van der Waals surface area contributed by atoms with E-state index in [1.807, 2.05) is 4.90 Å². The van der Waals surface area contributed by atoms with Gasteiger partial charge < -0.3 is 20.8 Å². The molecular weight excluding hydrogens is 268 g/mol. The normalized spacial score (nSPS) is 17.7. The maximum absolute atomic E-state index is 12.3. The molecule has 1 aliphatic rings. The standard InChI is InChI=1S/C16H24N2O3/c1-2-11-5-7-18(8-6-11)16(21)13(17)9-12-3-4-14(19)15(20)10-12/h3-4,10-11,13,19-20H,2,5-9,17H2,1H3/t13-/m0/s1. The van der Waals surface area contributed by atoms with Crippen LogP contribution in [0.15, 0.2) is 18.2 Å². The highest BCUT2D eigenvalue weighted by molar-refractivity contribution is 5.82. The zero-order valence-electron chi connectivity index (χ0n) is 12.5. The van der Waals surface area contributed by atoms with Gasteiger partial charge in [-0.05, 0) is 42.9 Å². The average molecular weight is 292 g/mol. The third-order valence-electron chi connectivity index (χ3n) is 4.32. The highest BCUT2D eigenvalue weighted by Crippen LogP contribution is 2.25. The lowest BCUT2D eigenvalue weighted by atomic mass is 9.94. The predicted octanol–water partition coefficient (Wildman–Crippen LogP) is 1.62. The molecule has 116 valence electrons. The van der Waals surface area contributed by atoms with Crippen LogP contribution in [-0.4, -0.2) is 40.2 Å². The maximum Gasteiger partial charge on any atom is 0.239 e. The van der Waals surface area contributed by atoms with E-state index in [2.05, 4.69) is 6.92 Å². The summed E-state index contributed by atoms with van der Waals surface area (Å²) in [5, 5.41) is 18.8. The largest absolute Gasteiger partial charge is 0.504 e. The smallest absolute Gasteiger partial charge is 0.239 e. The van der Waals surface area contributed by atoms with Crippen molar-refractivity contribution >= 4 is 5.91 Å². The van der Waals surface area contributed by atoms with E-state index >= 15 is 0 Å². The van der Waals surface area contributed by atoms with Gasteiger partial charge in [0.05, 0.1) is 6.04 Å². The Hall–Kier alpha value is -1.75. The maximum atomic E-state index is 12.3. The van der Waals surface area contributed by atoms with E-state index in [1.54, 1.807) is 6.07 Å². The number of carbonyl (C=O) groups is 1.